The molecule has 0 saturated carbocycles. The summed E-state index contributed by atoms with van der Waals surface area (Å²) in [6, 6.07) is 2.46. The fraction of sp³-hybridized carbons (Fsp3) is 0.167. The Morgan fingerprint density at radius 2 is 2.00 bits per heavy atom. The summed E-state index contributed by atoms with van der Waals surface area (Å²) in [5, 5.41) is 1.72. The number of rotatable bonds is 2. The number of fused-ring (bicyclic) bond motifs is 1. The number of nitrogens with one attached hydrogen (secondary N) is 1. The predicted molar refractivity (Wildman–Crippen MR) is 61.7 cm³/mol. The zero-order valence-electron chi connectivity index (χ0n) is 9.78. The molecule has 1 N–H and O–H groups in total. The molecule has 8 heteroatoms. The van der Waals surface area contributed by atoms with Crippen LogP contribution < -0.4 is 5.32 Å². The number of anilines is 1. The Labute approximate surface area is 109 Å². The summed E-state index contributed by atoms with van der Waals surface area (Å²) >= 11 is 0. The minimum absolute atomic E-state index is 0.215. The quantitative estimate of drug-likeness (QED) is 0.681. The average Bonchev–Trinajstić information content (AvgIpc) is 3.11. The van der Waals surface area contributed by atoms with Crippen LogP contribution in [0.3, 0.4) is 0 Å². The minimum Gasteiger partial charge on any atom is -0.301 e. The van der Waals surface area contributed by atoms with Crippen LogP contribution in [-0.2, 0) is 4.79 Å². The maximum Gasteiger partial charge on any atom is 0.471 e. The van der Waals surface area contributed by atoms with Crippen molar-refractivity contribution in [2.24, 2.45) is 0 Å². The second-order valence-corrected chi connectivity index (χ2v) is 4.28. The molecule has 1 amide bonds. The molecule has 0 radical (unpaired) electrons. The van der Waals surface area contributed by atoms with E-state index in [1.807, 2.05) is 0 Å². The number of carbonyl (C=O) groups is 1. The first-order chi connectivity index (χ1) is 9.36. The zero-order chi connectivity index (χ0) is 14.5. The molecular weight excluding hydrogens is 278 g/mol. The summed E-state index contributed by atoms with van der Waals surface area (Å²) in [4.78, 5) is 14.9. The number of amides is 1. The monoisotopic (exact) mass is 285 g/mol. The van der Waals surface area contributed by atoms with Gasteiger partial charge in [-0.05, 0) is 12.1 Å². The highest BCUT2D eigenvalue weighted by atomic mass is 19.4. The number of halogens is 4. The van der Waals surface area contributed by atoms with Crippen molar-refractivity contribution in [1.82, 2.24) is 9.38 Å². The van der Waals surface area contributed by atoms with E-state index in [4.69, 9.17) is 0 Å². The van der Waals surface area contributed by atoms with Crippen LogP contribution in [0, 0.1) is 5.82 Å². The standard InChI is InChI=1S/C12H7F4N3O/c13-7-3-4-8-17-10(18-11(20)12(14,15)16)9(6-1-2-6)19(8)5-7/h1-6H,(H,18,20). The first-order valence-corrected chi connectivity index (χ1v) is 5.60. The minimum atomic E-state index is -5.00. The van der Waals surface area contributed by atoms with Crippen molar-refractivity contribution in [3.63, 3.8) is 0 Å². The van der Waals surface area contributed by atoms with Crippen molar-refractivity contribution < 1.29 is 22.4 Å². The van der Waals surface area contributed by atoms with Gasteiger partial charge in [-0.1, -0.05) is 12.2 Å². The molecule has 2 aromatic rings. The molecule has 0 fully saturated rings. The maximum absolute atomic E-state index is 13.2. The lowest BCUT2D eigenvalue weighted by Crippen LogP contribution is -2.30. The molecule has 0 spiro atoms. The van der Waals surface area contributed by atoms with Gasteiger partial charge in [0.15, 0.2) is 5.82 Å². The van der Waals surface area contributed by atoms with E-state index in [2.05, 4.69) is 4.98 Å². The predicted octanol–water partition coefficient (Wildman–Crippen LogP) is 2.63. The van der Waals surface area contributed by atoms with Crippen LogP contribution in [0.2, 0.25) is 0 Å². The molecule has 0 atom stereocenters. The first kappa shape index (κ1) is 12.6. The Balaban J connectivity index is 2.06. The molecule has 0 aliphatic heterocycles. The van der Waals surface area contributed by atoms with E-state index >= 15 is 0 Å². The van der Waals surface area contributed by atoms with Gasteiger partial charge in [-0.15, -0.1) is 0 Å². The number of aromatic nitrogens is 2. The van der Waals surface area contributed by atoms with Crippen molar-refractivity contribution in [2.45, 2.75) is 12.1 Å². The normalized spacial score (nSPS) is 14.8. The van der Waals surface area contributed by atoms with E-state index < -0.39 is 17.9 Å². The molecule has 3 rings (SSSR count). The van der Waals surface area contributed by atoms with E-state index in [0.717, 1.165) is 12.3 Å². The molecule has 4 nitrogen and oxygen atoms in total. The molecular formula is C12H7F4N3O. The third kappa shape index (κ3) is 2.13. The van der Waals surface area contributed by atoms with Gasteiger partial charge >= 0.3 is 12.1 Å². The Hall–Kier alpha value is -2.38. The van der Waals surface area contributed by atoms with Crippen LogP contribution >= 0.6 is 0 Å². The number of alkyl halides is 3. The van der Waals surface area contributed by atoms with Gasteiger partial charge in [-0.3, -0.25) is 9.20 Å². The second-order valence-electron chi connectivity index (χ2n) is 4.28. The SMILES string of the molecule is O=C(Nc1nc2ccc(F)cn2c1C1C=C1)C(F)(F)F. The fourth-order valence-electron chi connectivity index (χ4n) is 1.86. The van der Waals surface area contributed by atoms with Gasteiger partial charge < -0.3 is 5.32 Å². The summed E-state index contributed by atoms with van der Waals surface area (Å²) in [5.41, 5.74) is 0.560. The van der Waals surface area contributed by atoms with Crippen LogP contribution in [0.1, 0.15) is 11.6 Å². The van der Waals surface area contributed by atoms with Gasteiger partial charge in [0, 0.05) is 12.1 Å². The summed E-state index contributed by atoms with van der Waals surface area (Å²) < 4.78 is 51.4. The summed E-state index contributed by atoms with van der Waals surface area (Å²) in [6.07, 6.45) is -0.481. The molecule has 0 saturated heterocycles. The molecule has 0 unspecified atom stereocenters. The summed E-state index contributed by atoms with van der Waals surface area (Å²) in [7, 11) is 0. The number of allylic oxidation sites excluding steroid dienone is 2. The number of carbonyl (C=O) groups excluding carboxylic acids is 1. The molecule has 0 bridgehead atoms. The Bertz CT molecular complexity index is 726. The highest BCUT2D eigenvalue weighted by molar-refractivity contribution is 5.95. The van der Waals surface area contributed by atoms with Crippen molar-refractivity contribution in [2.75, 3.05) is 5.32 Å². The largest absolute Gasteiger partial charge is 0.471 e. The first-order valence-electron chi connectivity index (χ1n) is 5.60. The van der Waals surface area contributed by atoms with E-state index in [9.17, 15) is 22.4 Å². The van der Waals surface area contributed by atoms with Crippen LogP contribution in [0.4, 0.5) is 23.4 Å². The summed E-state index contributed by atoms with van der Waals surface area (Å²) in [5.74, 6) is -3.13. The van der Waals surface area contributed by atoms with Gasteiger partial charge in [0.25, 0.3) is 0 Å². The third-order valence-electron chi connectivity index (χ3n) is 2.81. The van der Waals surface area contributed by atoms with Crippen LogP contribution in [0.25, 0.3) is 5.65 Å². The topological polar surface area (TPSA) is 46.4 Å². The molecule has 2 heterocycles. The van der Waals surface area contributed by atoms with E-state index in [1.54, 1.807) is 17.5 Å². The number of nitrogens with zero attached hydrogens (tertiary/aromatic N) is 2. The fourth-order valence-corrected chi connectivity index (χ4v) is 1.86. The van der Waals surface area contributed by atoms with Crippen molar-refractivity contribution in [3.8, 4) is 0 Å². The van der Waals surface area contributed by atoms with Gasteiger partial charge in [0.05, 0.1) is 5.69 Å². The molecule has 1 aliphatic rings. The lowest BCUT2D eigenvalue weighted by atomic mass is 10.2. The molecule has 2 aromatic heterocycles. The maximum atomic E-state index is 13.2. The van der Waals surface area contributed by atoms with Crippen molar-refractivity contribution in [3.05, 3.63) is 42.0 Å². The Morgan fingerprint density at radius 1 is 1.30 bits per heavy atom. The van der Waals surface area contributed by atoms with Crippen LogP contribution in [0.5, 0.6) is 0 Å². The molecule has 0 aromatic carbocycles. The highest BCUT2D eigenvalue weighted by Gasteiger charge is 2.40. The number of imidazole rings is 1. The number of pyridine rings is 1. The van der Waals surface area contributed by atoms with E-state index in [-0.39, 0.29) is 17.4 Å². The molecule has 1 aliphatic carbocycles. The second kappa shape index (κ2) is 4.06. The lowest BCUT2D eigenvalue weighted by molar-refractivity contribution is -0.167. The van der Waals surface area contributed by atoms with Gasteiger partial charge in [0.1, 0.15) is 11.5 Å². The zero-order valence-corrected chi connectivity index (χ0v) is 9.78. The third-order valence-corrected chi connectivity index (χ3v) is 2.81. The van der Waals surface area contributed by atoms with Crippen LogP contribution in [0.15, 0.2) is 30.5 Å². The number of hydrogen-bond acceptors (Lipinski definition) is 2. The van der Waals surface area contributed by atoms with Crippen LogP contribution in [-0.4, -0.2) is 21.5 Å². The molecule has 104 valence electrons. The number of hydrogen-bond donors (Lipinski definition) is 1. The van der Waals surface area contributed by atoms with E-state index in [0.29, 0.717) is 5.69 Å². The Kier molecular flexibility index (Phi) is 2.56. The summed E-state index contributed by atoms with van der Waals surface area (Å²) in [6.45, 7) is 0. The van der Waals surface area contributed by atoms with Crippen molar-refractivity contribution >= 4 is 17.4 Å². The Morgan fingerprint density at radius 3 is 2.60 bits per heavy atom. The lowest BCUT2D eigenvalue weighted by Gasteiger charge is -2.07. The van der Waals surface area contributed by atoms with Gasteiger partial charge in [0.2, 0.25) is 0 Å². The molecule has 20 heavy (non-hydrogen) atoms. The highest BCUT2D eigenvalue weighted by Crippen LogP contribution is 2.36. The average molecular weight is 285 g/mol. The van der Waals surface area contributed by atoms with Crippen molar-refractivity contribution in [1.29, 1.82) is 0 Å². The smallest absolute Gasteiger partial charge is 0.301 e. The van der Waals surface area contributed by atoms with Gasteiger partial charge in [-0.2, -0.15) is 13.2 Å². The van der Waals surface area contributed by atoms with Gasteiger partial charge in [-0.25, -0.2) is 9.37 Å². The van der Waals surface area contributed by atoms with E-state index in [1.165, 1.54) is 10.5 Å².